The highest BCUT2D eigenvalue weighted by Gasteiger charge is 2.24. The molecule has 0 spiro atoms. The molecule has 0 bridgehead atoms. The molecule has 0 aromatic heterocycles. The largest absolute Gasteiger partial charge is 0.481 e. The number of halogens is 1. The summed E-state index contributed by atoms with van der Waals surface area (Å²) in [6.45, 7) is 0. The summed E-state index contributed by atoms with van der Waals surface area (Å²) < 4.78 is 12.8. The van der Waals surface area contributed by atoms with Gasteiger partial charge in [-0.25, -0.2) is 4.39 Å². The van der Waals surface area contributed by atoms with Gasteiger partial charge in [-0.3, -0.25) is 4.79 Å². The molecule has 1 aromatic carbocycles. The summed E-state index contributed by atoms with van der Waals surface area (Å²) in [6, 6.07) is 6.61. The molecule has 92 valence electrons. The van der Waals surface area contributed by atoms with Crippen molar-refractivity contribution in [1.82, 2.24) is 0 Å². The van der Waals surface area contributed by atoms with Gasteiger partial charge in [0.2, 0.25) is 0 Å². The molecule has 2 rings (SSSR count). The van der Waals surface area contributed by atoms with E-state index in [4.69, 9.17) is 5.11 Å². The molecule has 2 nitrogen and oxygen atoms in total. The average molecular weight is 236 g/mol. The van der Waals surface area contributed by atoms with Gasteiger partial charge in [-0.15, -0.1) is 0 Å². The summed E-state index contributed by atoms with van der Waals surface area (Å²) in [4.78, 5) is 10.7. The first-order valence-electron chi connectivity index (χ1n) is 6.12. The zero-order valence-electron chi connectivity index (χ0n) is 9.73. The lowest BCUT2D eigenvalue weighted by molar-refractivity contribution is -0.138. The highest BCUT2D eigenvalue weighted by Crippen LogP contribution is 2.37. The van der Waals surface area contributed by atoms with E-state index in [1.54, 1.807) is 0 Å². The fraction of sp³-hybridized carbons (Fsp3) is 0.500. The van der Waals surface area contributed by atoms with Crippen LogP contribution in [0.1, 0.15) is 43.6 Å². The number of hydrogen-bond acceptors (Lipinski definition) is 1. The number of rotatable bonds is 3. The molecule has 0 amide bonds. The zero-order valence-corrected chi connectivity index (χ0v) is 9.73. The molecule has 1 aliphatic rings. The fourth-order valence-electron chi connectivity index (χ4n) is 2.76. The summed E-state index contributed by atoms with van der Waals surface area (Å²) in [5.41, 5.74) is 1.14. The van der Waals surface area contributed by atoms with Gasteiger partial charge >= 0.3 is 5.97 Å². The van der Waals surface area contributed by atoms with E-state index in [9.17, 15) is 9.18 Å². The second kappa shape index (κ2) is 5.30. The first kappa shape index (κ1) is 12.1. The van der Waals surface area contributed by atoms with Crippen LogP contribution in [0.2, 0.25) is 0 Å². The molecule has 1 saturated carbocycles. The van der Waals surface area contributed by atoms with Gasteiger partial charge in [-0.2, -0.15) is 0 Å². The third kappa shape index (κ3) is 3.29. The maximum atomic E-state index is 12.8. The van der Waals surface area contributed by atoms with Crippen LogP contribution in [0.25, 0.3) is 0 Å². The van der Waals surface area contributed by atoms with Crippen molar-refractivity contribution in [3.05, 3.63) is 35.6 Å². The van der Waals surface area contributed by atoms with Gasteiger partial charge in [0.25, 0.3) is 0 Å². The lowest BCUT2D eigenvalue weighted by Crippen LogP contribution is -2.17. The molecule has 1 fully saturated rings. The second-order valence-corrected chi connectivity index (χ2v) is 4.88. The van der Waals surface area contributed by atoms with Crippen molar-refractivity contribution in [2.24, 2.45) is 5.92 Å². The maximum Gasteiger partial charge on any atom is 0.303 e. The Morgan fingerprint density at radius 2 is 2.00 bits per heavy atom. The van der Waals surface area contributed by atoms with Gasteiger partial charge in [0.1, 0.15) is 5.82 Å². The summed E-state index contributed by atoms with van der Waals surface area (Å²) in [5, 5.41) is 8.81. The second-order valence-electron chi connectivity index (χ2n) is 4.88. The minimum absolute atomic E-state index is 0.216. The Morgan fingerprint density at radius 3 is 2.65 bits per heavy atom. The third-order valence-corrected chi connectivity index (χ3v) is 3.59. The van der Waals surface area contributed by atoms with Crippen LogP contribution < -0.4 is 0 Å². The van der Waals surface area contributed by atoms with E-state index in [0.29, 0.717) is 5.92 Å². The molecular formula is C14H17FO2. The topological polar surface area (TPSA) is 37.3 Å². The first-order chi connectivity index (χ1) is 8.15. The summed E-state index contributed by atoms with van der Waals surface area (Å²) in [7, 11) is 0. The lowest BCUT2D eigenvalue weighted by atomic mass is 9.77. The molecule has 0 saturated heterocycles. The molecule has 1 aliphatic carbocycles. The number of aliphatic carboxylic acids is 1. The molecular weight excluding hydrogens is 219 g/mol. The standard InChI is InChI=1S/C14H17FO2/c15-13-6-4-11(5-7-13)12-3-1-2-10(8-12)9-14(16)17/h4-7,10,12H,1-3,8-9H2,(H,16,17). The van der Waals surface area contributed by atoms with Gasteiger partial charge in [0.15, 0.2) is 0 Å². The van der Waals surface area contributed by atoms with E-state index in [1.807, 2.05) is 12.1 Å². The van der Waals surface area contributed by atoms with Crippen molar-refractivity contribution in [2.45, 2.75) is 38.0 Å². The number of carbonyl (C=O) groups is 1. The minimum atomic E-state index is -0.713. The quantitative estimate of drug-likeness (QED) is 0.871. The normalized spacial score (nSPS) is 24.5. The van der Waals surface area contributed by atoms with Crippen molar-refractivity contribution in [3.8, 4) is 0 Å². The summed E-state index contributed by atoms with van der Waals surface area (Å²) in [5.74, 6) is -0.258. The molecule has 2 atom stereocenters. The zero-order chi connectivity index (χ0) is 12.3. The van der Waals surface area contributed by atoms with Crippen molar-refractivity contribution < 1.29 is 14.3 Å². The van der Waals surface area contributed by atoms with Crippen molar-refractivity contribution in [1.29, 1.82) is 0 Å². The highest BCUT2D eigenvalue weighted by molar-refractivity contribution is 5.67. The van der Waals surface area contributed by atoms with Crippen LogP contribution in [0.15, 0.2) is 24.3 Å². The predicted molar refractivity (Wildman–Crippen MR) is 63.4 cm³/mol. The molecule has 17 heavy (non-hydrogen) atoms. The number of carboxylic acids is 1. The molecule has 1 aromatic rings. The summed E-state index contributed by atoms with van der Waals surface area (Å²) in [6.07, 6.45) is 4.33. The number of benzene rings is 1. The monoisotopic (exact) mass is 236 g/mol. The van der Waals surface area contributed by atoms with E-state index >= 15 is 0 Å². The van der Waals surface area contributed by atoms with Gasteiger partial charge in [0.05, 0.1) is 0 Å². The lowest BCUT2D eigenvalue weighted by Gasteiger charge is -2.28. The number of hydrogen-bond donors (Lipinski definition) is 1. The van der Waals surface area contributed by atoms with Gasteiger partial charge in [0, 0.05) is 6.42 Å². The Labute approximate surface area is 100 Å². The molecule has 2 unspecified atom stereocenters. The van der Waals surface area contributed by atoms with E-state index in [0.717, 1.165) is 31.2 Å². The van der Waals surface area contributed by atoms with E-state index in [2.05, 4.69) is 0 Å². The van der Waals surface area contributed by atoms with E-state index in [1.165, 1.54) is 12.1 Å². The van der Waals surface area contributed by atoms with Crippen LogP contribution >= 0.6 is 0 Å². The van der Waals surface area contributed by atoms with Crippen molar-refractivity contribution in [2.75, 3.05) is 0 Å². The molecule has 3 heteroatoms. The molecule has 1 N–H and O–H groups in total. The first-order valence-corrected chi connectivity index (χ1v) is 6.12. The van der Waals surface area contributed by atoms with Gasteiger partial charge in [-0.05, 0) is 48.8 Å². The SMILES string of the molecule is O=C(O)CC1CCCC(c2ccc(F)cc2)C1. The van der Waals surface area contributed by atoms with Crippen LogP contribution in [0.4, 0.5) is 4.39 Å². The van der Waals surface area contributed by atoms with Crippen LogP contribution in [0.5, 0.6) is 0 Å². The summed E-state index contributed by atoms with van der Waals surface area (Å²) >= 11 is 0. The Hall–Kier alpha value is -1.38. The van der Waals surface area contributed by atoms with Crippen LogP contribution in [0, 0.1) is 11.7 Å². The Kier molecular flexibility index (Phi) is 3.77. The molecule has 0 heterocycles. The minimum Gasteiger partial charge on any atom is -0.481 e. The third-order valence-electron chi connectivity index (χ3n) is 3.59. The average Bonchev–Trinajstić information content (AvgIpc) is 2.29. The smallest absolute Gasteiger partial charge is 0.303 e. The van der Waals surface area contributed by atoms with Gasteiger partial charge < -0.3 is 5.11 Å². The van der Waals surface area contributed by atoms with Crippen molar-refractivity contribution >= 4 is 5.97 Å². The number of carboxylic acid groups (broad SMARTS) is 1. The Balaban J connectivity index is 2.01. The predicted octanol–water partition coefficient (Wildman–Crippen LogP) is 3.57. The van der Waals surface area contributed by atoms with E-state index < -0.39 is 5.97 Å². The maximum absolute atomic E-state index is 12.8. The molecule has 0 aliphatic heterocycles. The van der Waals surface area contributed by atoms with Crippen LogP contribution in [-0.2, 0) is 4.79 Å². The van der Waals surface area contributed by atoms with E-state index in [-0.39, 0.29) is 18.2 Å². The van der Waals surface area contributed by atoms with Crippen LogP contribution in [0.3, 0.4) is 0 Å². The van der Waals surface area contributed by atoms with Gasteiger partial charge in [-0.1, -0.05) is 18.6 Å². The Bertz CT molecular complexity index is 386. The molecule has 0 radical (unpaired) electrons. The van der Waals surface area contributed by atoms with Crippen molar-refractivity contribution in [3.63, 3.8) is 0 Å². The fourth-order valence-corrected chi connectivity index (χ4v) is 2.76. The Morgan fingerprint density at radius 1 is 1.29 bits per heavy atom. The highest BCUT2D eigenvalue weighted by atomic mass is 19.1. The van der Waals surface area contributed by atoms with Crippen LogP contribution in [-0.4, -0.2) is 11.1 Å².